The molecule has 0 aliphatic rings. The summed E-state index contributed by atoms with van der Waals surface area (Å²) in [4.78, 5) is 24.9. The molecule has 1 N–H and O–H groups in total. The summed E-state index contributed by atoms with van der Waals surface area (Å²) < 4.78 is 52.0. The van der Waals surface area contributed by atoms with Gasteiger partial charge in [0.2, 0.25) is 6.79 Å². The van der Waals surface area contributed by atoms with Gasteiger partial charge in [-0.1, -0.05) is 49.7 Å². The number of carbonyl (C=O) groups excluding carboxylic acids is 2. The van der Waals surface area contributed by atoms with Gasteiger partial charge in [0.25, 0.3) is 0 Å². The number of alkyl carbamates (subject to hydrolysis) is 1. The van der Waals surface area contributed by atoms with E-state index in [9.17, 15) is 14.2 Å². The Labute approximate surface area is 254 Å². The molecule has 11 nitrogen and oxygen atoms in total. The van der Waals surface area contributed by atoms with Crippen LogP contribution >= 0.6 is 7.82 Å². The van der Waals surface area contributed by atoms with E-state index in [1.54, 1.807) is 59.7 Å². The van der Waals surface area contributed by atoms with E-state index in [0.29, 0.717) is 17.9 Å². The molecular formula is C31H44NO10P. The van der Waals surface area contributed by atoms with E-state index in [1.807, 2.05) is 37.3 Å². The monoisotopic (exact) mass is 621 g/mol. The van der Waals surface area contributed by atoms with Crippen LogP contribution in [0.15, 0.2) is 54.2 Å². The van der Waals surface area contributed by atoms with Crippen LogP contribution < -0.4 is 14.8 Å². The van der Waals surface area contributed by atoms with Crippen LogP contribution in [-0.2, 0) is 39.0 Å². The Hall–Kier alpha value is -3.37. The molecule has 0 aliphatic heterocycles. The van der Waals surface area contributed by atoms with E-state index in [2.05, 4.69) is 5.32 Å². The predicted octanol–water partition coefficient (Wildman–Crippen LogP) is 7.40. The second kappa shape index (κ2) is 16.5. The van der Waals surface area contributed by atoms with Crippen molar-refractivity contribution in [3.05, 3.63) is 65.4 Å². The van der Waals surface area contributed by atoms with Gasteiger partial charge >= 0.3 is 19.9 Å². The quantitative estimate of drug-likeness (QED) is 0.0706. The van der Waals surface area contributed by atoms with Gasteiger partial charge in [0.1, 0.15) is 12.3 Å². The number of esters is 1. The number of nitrogens with one attached hydrogen (secondary N) is 1. The van der Waals surface area contributed by atoms with E-state index < -0.39 is 37.9 Å². The smallest absolute Gasteiger partial charge is 0.478 e. The Balaban J connectivity index is 2.28. The summed E-state index contributed by atoms with van der Waals surface area (Å²) in [6, 6.07) is 14.0. The van der Waals surface area contributed by atoms with Crippen molar-refractivity contribution in [1.82, 2.24) is 5.32 Å². The highest BCUT2D eigenvalue weighted by Crippen LogP contribution is 2.55. The van der Waals surface area contributed by atoms with Gasteiger partial charge < -0.3 is 18.9 Å². The molecule has 43 heavy (non-hydrogen) atoms. The van der Waals surface area contributed by atoms with Crippen molar-refractivity contribution in [2.45, 2.75) is 79.1 Å². The maximum atomic E-state index is 13.4. The first-order valence-electron chi connectivity index (χ1n) is 14.0. The number of hydrogen-bond donors (Lipinski definition) is 1. The number of phosphoric ester groups is 1. The number of unbranched alkanes of at least 4 members (excludes halogenated alkanes) is 1. The fourth-order valence-corrected chi connectivity index (χ4v) is 5.03. The van der Waals surface area contributed by atoms with Crippen molar-refractivity contribution in [3.63, 3.8) is 0 Å². The maximum Gasteiger partial charge on any atom is 0.478 e. The molecule has 0 saturated heterocycles. The second-order valence-electron chi connectivity index (χ2n) is 11.4. The van der Waals surface area contributed by atoms with Crippen molar-refractivity contribution < 1.29 is 46.7 Å². The molecule has 0 saturated carbocycles. The van der Waals surface area contributed by atoms with E-state index in [0.717, 1.165) is 18.4 Å². The number of amides is 1. The third-order valence-corrected chi connectivity index (χ3v) is 7.05. The molecule has 0 heterocycles. The molecule has 0 fully saturated rings. The Kier molecular flexibility index (Phi) is 13.7. The molecule has 0 atom stereocenters. The highest BCUT2D eigenvalue weighted by atomic mass is 31.2. The highest BCUT2D eigenvalue weighted by Gasteiger charge is 2.37. The topological polar surface area (TPSA) is 128 Å². The molecule has 1 amide bonds. The second-order valence-corrected chi connectivity index (χ2v) is 12.9. The van der Waals surface area contributed by atoms with Crippen molar-refractivity contribution >= 4 is 26.0 Å². The van der Waals surface area contributed by atoms with E-state index in [4.69, 9.17) is 32.5 Å². The molecule has 2 aromatic carbocycles. The third-order valence-electron chi connectivity index (χ3n) is 5.09. The molecule has 238 valence electrons. The molecule has 2 rings (SSSR count). The number of methoxy groups -OCH3 is 1. The van der Waals surface area contributed by atoms with Crippen molar-refractivity contribution in [1.29, 1.82) is 0 Å². The minimum Gasteiger partial charge on any atom is -0.490 e. The van der Waals surface area contributed by atoms with Crippen LogP contribution in [0.2, 0.25) is 0 Å². The lowest BCUT2D eigenvalue weighted by atomic mass is 10.1. The molecular weight excluding hydrogens is 577 g/mol. The summed E-state index contributed by atoms with van der Waals surface area (Å²) in [5.74, 6) is -0.156. The number of hydrogen-bond acceptors (Lipinski definition) is 10. The molecule has 0 spiro atoms. The molecule has 12 heteroatoms. The minimum atomic E-state index is -4.04. The van der Waals surface area contributed by atoms with Crippen LogP contribution in [0.3, 0.4) is 0 Å². The fourth-order valence-electron chi connectivity index (χ4n) is 3.36. The third kappa shape index (κ3) is 14.1. The van der Waals surface area contributed by atoms with Gasteiger partial charge in [0, 0.05) is 0 Å². The average molecular weight is 622 g/mol. The molecule has 2 aromatic rings. The molecule has 0 bridgehead atoms. The number of ether oxygens (including phenoxy) is 4. The number of phosphoric acid groups is 1. The first-order valence-corrected chi connectivity index (χ1v) is 15.4. The SMILES string of the molecule is CCCCOc1ccc(C=C(NC(=O)OCc2ccccc2)C(=O)OC)cc1OCOP(=O)(OC(C)(C)C)OC(C)(C)C. The maximum absolute atomic E-state index is 13.4. The van der Waals surface area contributed by atoms with Crippen molar-refractivity contribution in [2.24, 2.45) is 0 Å². The average Bonchev–Trinajstić information content (AvgIpc) is 2.90. The van der Waals surface area contributed by atoms with Gasteiger partial charge in [-0.25, -0.2) is 18.7 Å². The highest BCUT2D eigenvalue weighted by molar-refractivity contribution is 7.48. The van der Waals surface area contributed by atoms with Crippen LogP contribution in [0, 0.1) is 0 Å². The summed E-state index contributed by atoms with van der Waals surface area (Å²) in [5.41, 5.74) is -0.557. The van der Waals surface area contributed by atoms with E-state index in [-0.39, 0.29) is 18.1 Å². The number of rotatable bonds is 15. The first kappa shape index (κ1) is 35.8. The Morgan fingerprint density at radius 1 is 0.907 bits per heavy atom. The lowest BCUT2D eigenvalue weighted by molar-refractivity contribution is -0.136. The predicted molar refractivity (Wildman–Crippen MR) is 162 cm³/mol. The van der Waals surface area contributed by atoms with Crippen LogP contribution in [0.25, 0.3) is 6.08 Å². The van der Waals surface area contributed by atoms with Gasteiger partial charge in [0.15, 0.2) is 11.5 Å². The van der Waals surface area contributed by atoms with Crippen LogP contribution in [-0.4, -0.2) is 43.8 Å². The van der Waals surface area contributed by atoms with Gasteiger partial charge in [-0.05, 0) is 77.3 Å². The van der Waals surface area contributed by atoms with Crippen LogP contribution in [0.5, 0.6) is 11.5 Å². The normalized spacial score (nSPS) is 12.4. The Morgan fingerprint density at radius 2 is 1.56 bits per heavy atom. The van der Waals surface area contributed by atoms with E-state index >= 15 is 0 Å². The zero-order valence-corrected chi connectivity index (χ0v) is 27.2. The van der Waals surface area contributed by atoms with E-state index in [1.165, 1.54) is 13.2 Å². The summed E-state index contributed by atoms with van der Waals surface area (Å²) in [6.07, 6.45) is 2.30. The van der Waals surface area contributed by atoms with Gasteiger partial charge in [-0.3, -0.25) is 14.4 Å². The number of carbonyl (C=O) groups is 2. The summed E-state index contributed by atoms with van der Waals surface area (Å²) >= 11 is 0. The minimum absolute atomic E-state index is 0.0185. The lowest BCUT2D eigenvalue weighted by Gasteiger charge is -2.30. The van der Waals surface area contributed by atoms with Crippen molar-refractivity contribution in [2.75, 3.05) is 20.5 Å². The molecule has 0 unspecified atom stereocenters. The van der Waals surface area contributed by atoms with Gasteiger partial charge in [-0.15, -0.1) is 0 Å². The Morgan fingerprint density at radius 3 is 2.14 bits per heavy atom. The van der Waals surface area contributed by atoms with Gasteiger partial charge in [0.05, 0.1) is 24.9 Å². The van der Waals surface area contributed by atoms with Crippen LogP contribution in [0.4, 0.5) is 4.79 Å². The molecule has 0 aliphatic carbocycles. The zero-order chi connectivity index (χ0) is 32.1. The van der Waals surface area contributed by atoms with Gasteiger partial charge in [-0.2, -0.15) is 0 Å². The number of benzene rings is 2. The molecule has 0 aromatic heterocycles. The summed E-state index contributed by atoms with van der Waals surface area (Å²) in [5, 5.41) is 2.43. The summed E-state index contributed by atoms with van der Waals surface area (Å²) in [7, 11) is -2.84. The zero-order valence-electron chi connectivity index (χ0n) is 26.3. The Bertz CT molecular complexity index is 1250. The van der Waals surface area contributed by atoms with Crippen molar-refractivity contribution in [3.8, 4) is 11.5 Å². The summed E-state index contributed by atoms with van der Waals surface area (Å²) in [6.45, 7) is 12.4. The van der Waals surface area contributed by atoms with Crippen LogP contribution in [0.1, 0.15) is 72.4 Å². The standard InChI is InChI=1S/C31H44NO10P/c1-9-10-18-37-26-17-16-24(19-25(28(33)36-8)32-29(34)38-21-23-14-12-11-13-15-23)20-27(26)39-22-40-43(35,41-30(2,3)4)42-31(5,6)7/h11-17,19-20H,9-10,18,21-22H2,1-8H3,(H,32,34). The molecule has 0 radical (unpaired) electrons. The fraction of sp³-hybridized carbons (Fsp3) is 0.484. The first-order chi connectivity index (χ1) is 20.1. The lowest BCUT2D eigenvalue weighted by Crippen LogP contribution is -2.28. The largest absolute Gasteiger partial charge is 0.490 e.